The molecule has 5 heteroatoms. The smallest absolute Gasteiger partial charge is 0.238 e. The van der Waals surface area contributed by atoms with E-state index in [-0.39, 0.29) is 12.5 Å². The normalized spacial score (nSPS) is 10.6. The van der Waals surface area contributed by atoms with Crippen LogP contribution in [-0.4, -0.2) is 22.2 Å². The number of hydrogen-bond acceptors (Lipinski definition) is 3. The zero-order valence-corrected chi connectivity index (χ0v) is 12.1. The summed E-state index contributed by atoms with van der Waals surface area (Å²) in [6, 6.07) is 7.75. The highest BCUT2D eigenvalue weighted by atomic mass is 16.1. The van der Waals surface area contributed by atoms with Crippen molar-refractivity contribution in [3.8, 4) is 0 Å². The number of benzene rings is 1. The molecule has 0 radical (unpaired) electrons. The Hall–Kier alpha value is -2.14. The standard InChI is InChI=1S/C15H20N4O/c1-11-4-6-14(7-5-11)18-15(20)10-16-8-13-9-17-19(3)12(13)2/h4-7,9,16H,8,10H2,1-3H3,(H,18,20). The maximum atomic E-state index is 11.8. The molecule has 1 aromatic carbocycles. The highest BCUT2D eigenvalue weighted by Crippen LogP contribution is 2.08. The second-order valence-corrected chi connectivity index (χ2v) is 4.90. The van der Waals surface area contributed by atoms with Crippen molar-refractivity contribution in [1.82, 2.24) is 15.1 Å². The molecule has 106 valence electrons. The number of amides is 1. The summed E-state index contributed by atoms with van der Waals surface area (Å²) in [6.07, 6.45) is 1.82. The first-order valence-corrected chi connectivity index (χ1v) is 6.61. The minimum absolute atomic E-state index is 0.0459. The Morgan fingerprint density at radius 2 is 1.95 bits per heavy atom. The molecule has 2 aromatic rings. The van der Waals surface area contributed by atoms with E-state index in [1.54, 1.807) is 0 Å². The van der Waals surface area contributed by atoms with Crippen molar-refractivity contribution in [2.24, 2.45) is 7.05 Å². The molecule has 0 atom stereocenters. The number of carbonyl (C=O) groups excluding carboxylic acids is 1. The number of carbonyl (C=O) groups is 1. The summed E-state index contributed by atoms with van der Waals surface area (Å²) in [7, 11) is 1.91. The number of aromatic nitrogens is 2. The lowest BCUT2D eigenvalue weighted by Crippen LogP contribution is -2.27. The lowest BCUT2D eigenvalue weighted by molar-refractivity contribution is -0.115. The average molecular weight is 272 g/mol. The third kappa shape index (κ3) is 3.68. The van der Waals surface area contributed by atoms with Crippen LogP contribution in [0.3, 0.4) is 0 Å². The van der Waals surface area contributed by atoms with Crippen molar-refractivity contribution >= 4 is 11.6 Å². The van der Waals surface area contributed by atoms with E-state index in [0.29, 0.717) is 6.54 Å². The topological polar surface area (TPSA) is 59.0 Å². The summed E-state index contributed by atoms with van der Waals surface area (Å²) in [5, 5.41) is 10.1. The van der Waals surface area contributed by atoms with Gasteiger partial charge < -0.3 is 10.6 Å². The van der Waals surface area contributed by atoms with Gasteiger partial charge in [-0.15, -0.1) is 0 Å². The van der Waals surface area contributed by atoms with E-state index >= 15 is 0 Å². The molecule has 1 amide bonds. The first-order valence-electron chi connectivity index (χ1n) is 6.61. The maximum Gasteiger partial charge on any atom is 0.238 e. The first-order chi connectivity index (χ1) is 9.56. The molecule has 2 N–H and O–H groups in total. The Balaban J connectivity index is 1.78. The minimum Gasteiger partial charge on any atom is -0.325 e. The maximum absolute atomic E-state index is 11.8. The molecule has 0 unspecified atom stereocenters. The van der Waals surface area contributed by atoms with Gasteiger partial charge in [0.05, 0.1) is 12.7 Å². The molecule has 0 aliphatic rings. The molecule has 0 fully saturated rings. The third-order valence-electron chi connectivity index (χ3n) is 3.27. The number of aryl methyl sites for hydroxylation is 2. The molecule has 0 aliphatic carbocycles. The highest BCUT2D eigenvalue weighted by molar-refractivity contribution is 5.92. The summed E-state index contributed by atoms with van der Waals surface area (Å²) in [6.45, 7) is 4.95. The van der Waals surface area contributed by atoms with Crippen molar-refractivity contribution in [2.75, 3.05) is 11.9 Å². The van der Waals surface area contributed by atoms with Crippen molar-refractivity contribution in [3.05, 3.63) is 47.3 Å². The fourth-order valence-electron chi connectivity index (χ4n) is 1.87. The van der Waals surface area contributed by atoms with E-state index in [9.17, 15) is 4.79 Å². The van der Waals surface area contributed by atoms with E-state index in [2.05, 4.69) is 15.7 Å². The van der Waals surface area contributed by atoms with Gasteiger partial charge in [-0.25, -0.2) is 0 Å². The zero-order chi connectivity index (χ0) is 14.5. The molecule has 2 rings (SSSR count). The number of anilines is 1. The van der Waals surface area contributed by atoms with Gasteiger partial charge in [0.2, 0.25) is 5.91 Å². The summed E-state index contributed by atoms with van der Waals surface area (Å²) in [5.41, 5.74) is 4.21. The van der Waals surface area contributed by atoms with Crippen molar-refractivity contribution in [3.63, 3.8) is 0 Å². The van der Waals surface area contributed by atoms with Gasteiger partial charge in [0.1, 0.15) is 0 Å². The Labute approximate surface area is 119 Å². The molecule has 20 heavy (non-hydrogen) atoms. The summed E-state index contributed by atoms with van der Waals surface area (Å²) < 4.78 is 1.82. The van der Waals surface area contributed by atoms with Gasteiger partial charge in [0, 0.05) is 30.5 Å². The first kappa shape index (κ1) is 14.3. The van der Waals surface area contributed by atoms with E-state index in [1.807, 2.05) is 56.0 Å². The van der Waals surface area contributed by atoms with Crippen LogP contribution in [0.5, 0.6) is 0 Å². The zero-order valence-electron chi connectivity index (χ0n) is 12.1. The molecule has 0 aliphatic heterocycles. The van der Waals surface area contributed by atoms with Crippen LogP contribution in [0.15, 0.2) is 30.5 Å². The van der Waals surface area contributed by atoms with Crippen molar-refractivity contribution < 1.29 is 4.79 Å². The fraction of sp³-hybridized carbons (Fsp3) is 0.333. The average Bonchev–Trinajstić information content (AvgIpc) is 2.73. The monoisotopic (exact) mass is 272 g/mol. The second kappa shape index (κ2) is 6.34. The van der Waals surface area contributed by atoms with Crippen LogP contribution >= 0.6 is 0 Å². The molecule has 0 spiro atoms. The van der Waals surface area contributed by atoms with Crippen LogP contribution in [0.4, 0.5) is 5.69 Å². The Morgan fingerprint density at radius 3 is 2.55 bits per heavy atom. The van der Waals surface area contributed by atoms with Crippen LogP contribution in [0.25, 0.3) is 0 Å². The van der Waals surface area contributed by atoms with Crippen molar-refractivity contribution in [1.29, 1.82) is 0 Å². The summed E-state index contributed by atoms with van der Waals surface area (Å²) >= 11 is 0. The second-order valence-electron chi connectivity index (χ2n) is 4.90. The lowest BCUT2D eigenvalue weighted by Gasteiger charge is -2.07. The quantitative estimate of drug-likeness (QED) is 0.872. The molecular formula is C15H20N4O. The number of nitrogens with one attached hydrogen (secondary N) is 2. The van der Waals surface area contributed by atoms with Gasteiger partial charge in [-0.2, -0.15) is 5.10 Å². The van der Waals surface area contributed by atoms with Crippen LogP contribution in [0.1, 0.15) is 16.8 Å². The molecule has 1 heterocycles. The minimum atomic E-state index is -0.0459. The van der Waals surface area contributed by atoms with Crippen LogP contribution in [-0.2, 0) is 18.4 Å². The fourth-order valence-corrected chi connectivity index (χ4v) is 1.87. The summed E-state index contributed by atoms with van der Waals surface area (Å²) in [4.78, 5) is 11.8. The van der Waals surface area contributed by atoms with E-state index in [0.717, 1.165) is 16.9 Å². The SMILES string of the molecule is Cc1ccc(NC(=O)CNCc2cnn(C)c2C)cc1. The third-order valence-corrected chi connectivity index (χ3v) is 3.27. The number of hydrogen-bond donors (Lipinski definition) is 2. The van der Waals surface area contributed by atoms with E-state index < -0.39 is 0 Å². The Bertz CT molecular complexity index is 586. The number of rotatable bonds is 5. The van der Waals surface area contributed by atoms with Crippen LogP contribution in [0, 0.1) is 13.8 Å². The molecule has 5 nitrogen and oxygen atoms in total. The van der Waals surface area contributed by atoms with Gasteiger partial charge >= 0.3 is 0 Å². The van der Waals surface area contributed by atoms with Gasteiger partial charge in [-0.1, -0.05) is 17.7 Å². The predicted octanol–water partition coefficient (Wildman–Crippen LogP) is 1.77. The Morgan fingerprint density at radius 1 is 1.25 bits per heavy atom. The molecule has 0 saturated carbocycles. The largest absolute Gasteiger partial charge is 0.325 e. The van der Waals surface area contributed by atoms with Gasteiger partial charge in [-0.3, -0.25) is 9.48 Å². The molecular weight excluding hydrogens is 252 g/mol. The Kier molecular flexibility index (Phi) is 4.53. The molecule has 0 bridgehead atoms. The van der Waals surface area contributed by atoms with Gasteiger partial charge in [0.25, 0.3) is 0 Å². The predicted molar refractivity (Wildman–Crippen MR) is 79.5 cm³/mol. The highest BCUT2D eigenvalue weighted by Gasteiger charge is 2.05. The van der Waals surface area contributed by atoms with Gasteiger partial charge in [0.15, 0.2) is 0 Å². The molecule has 0 saturated heterocycles. The van der Waals surface area contributed by atoms with Gasteiger partial charge in [-0.05, 0) is 26.0 Å². The molecule has 1 aromatic heterocycles. The lowest BCUT2D eigenvalue weighted by atomic mass is 10.2. The van der Waals surface area contributed by atoms with E-state index in [4.69, 9.17) is 0 Å². The van der Waals surface area contributed by atoms with Crippen LogP contribution < -0.4 is 10.6 Å². The number of nitrogens with zero attached hydrogens (tertiary/aromatic N) is 2. The van der Waals surface area contributed by atoms with E-state index in [1.165, 1.54) is 5.56 Å². The van der Waals surface area contributed by atoms with Crippen LogP contribution in [0.2, 0.25) is 0 Å². The summed E-state index contributed by atoms with van der Waals surface area (Å²) in [5.74, 6) is -0.0459. The van der Waals surface area contributed by atoms with Crippen molar-refractivity contribution in [2.45, 2.75) is 20.4 Å².